The van der Waals surface area contributed by atoms with Crippen molar-refractivity contribution in [3.63, 3.8) is 0 Å². The summed E-state index contributed by atoms with van der Waals surface area (Å²) in [4.78, 5) is 4.61. The molecule has 3 heteroatoms. The molecule has 1 unspecified atom stereocenters. The zero-order chi connectivity index (χ0) is 15.4. The number of aromatic nitrogens is 1. The van der Waals surface area contributed by atoms with E-state index in [9.17, 15) is 0 Å². The van der Waals surface area contributed by atoms with E-state index in [4.69, 9.17) is 0 Å². The number of thioether (sulfide) groups is 1. The lowest BCUT2D eigenvalue weighted by molar-refractivity contribution is 0.657. The highest BCUT2D eigenvalue weighted by molar-refractivity contribution is 7.99. The Balaban J connectivity index is 2.12. The largest absolute Gasteiger partial charge is 0.312 e. The molecule has 1 N–H and O–H groups in total. The van der Waals surface area contributed by atoms with Crippen molar-refractivity contribution in [1.82, 2.24) is 10.3 Å². The van der Waals surface area contributed by atoms with Crippen LogP contribution in [-0.4, -0.2) is 17.8 Å². The second kappa shape index (κ2) is 7.10. The molecule has 112 valence electrons. The van der Waals surface area contributed by atoms with Crippen molar-refractivity contribution in [3.8, 4) is 0 Å². The minimum absolute atomic E-state index is 0.346. The molecule has 0 aliphatic heterocycles. The van der Waals surface area contributed by atoms with Gasteiger partial charge < -0.3 is 5.32 Å². The normalized spacial score (nSPS) is 12.4. The van der Waals surface area contributed by atoms with E-state index < -0.39 is 0 Å². The first-order chi connectivity index (χ1) is 9.99. The van der Waals surface area contributed by atoms with Gasteiger partial charge in [0.1, 0.15) is 0 Å². The fourth-order valence-electron chi connectivity index (χ4n) is 2.59. The molecule has 21 heavy (non-hydrogen) atoms. The number of hydrogen-bond donors (Lipinski definition) is 1. The Kier molecular flexibility index (Phi) is 5.43. The zero-order valence-electron chi connectivity index (χ0n) is 13.5. The van der Waals surface area contributed by atoms with Gasteiger partial charge in [-0.15, -0.1) is 11.8 Å². The Bertz CT molecular complexity index is 602. The summed E-state index contributed by atoms with van der Waals surface area (Å²) in [5, 5.41) is 4.54. The van der Waals surface area contributed by atoms with Gasteiger partial charge in [-0.3, -0.25) is 0 Å². The van der Waals surface area contributed by atoms with E-state index in [0.29, 0.717) is 6.04 Å². The number of benzene rings is 1. The Hall–Kier alpha value is -1.32. The molecule has 0 amide bonds. The molecule has 0 radical (unpaired) electrons. The maximum Gasteiger partial charge on any atom is 0.0966 e. The third kappa shape index (κ3) is 4.32. The third-order valence-electron chi connectivity index (χ3n) is 3.62. The van der Waals surface area contributed by atoms with E-state index in [1.54, 1.807) is 0 Å². The van der Waals surface area contributed by atoms with Crippen LogP contribution in [0.15, 0.2) is 35.4 Å². The predicted molar refractivity (Wildman–Crippen MR) is 92.2 cm³/mol. The van der Waals surface area contributed by atoms with Crippen LogP contribution in [0.4, 0.5) is 0 Å². The van der Waals surface area contributed by atoms with Gasteiger partial charge in [-0.2, -0.15) is 0 Å². The first-order valence-electron chi connectivity index (χ1n) is 7.32. The Morgan fingerprint density at radius 2 is 1.81 bits per heavy atom. The van der Waals surface area contributed by atoms with Gasteiger partial charge in [0, 0.05) is 17.5 Å². The quantitative estimate of drug-likeness (QED) is 0.830. The van der Waals surface area contributed by atoms with Crippen LogP contribution in [0.3, 0.4) is 0 Å². The number of hydrogen-bond acceptors (Lipinski definition) is 3. The second-order valence-electron chi connectivity index (χ2n) is 5.64. The molecule has 2 nitrogen and oxygen atoms in total. The highest BCUT2D eigenvalue weighted by atomic mass is 32.2. The summed E-state index contributed by atoms with van der Waals surface area (Å²) < 4.78 is 0. The molecule has 0 saturated carbocycles. The highest BCUT2D eigenvalue weighted by Crippen LogP contribution is 2.26. The van der Waals surface area contributed by atoms with Gasteiger partial charge in [-0.25, -0.2) is 4.98 Å². The lowest BCUT2D eigenvalue weighted by Crippen LogP contribution is -2.19. The van der Waals surface area contributed by atoms with Crippen LogP contribution in [0.1, 0.15) is 34.0 Å². The Morgan fingerprint density at radius 3 is 2.43 bits per heavy atom. The number of nitrogens with one attached hydrogen (secondary N) is 1. The molecule has 1 heterocycles. The van der Waals surface area contributed by atoms with Gasteiger partial charge in [0.25, 0.3) is 0 Å². The number of nitrogens with zero attached hydrogens (tertiary/aromatic N) is 1. The number of rotatable bonds is 5. The molecule has 0 spiro atoms. The van der Waals surface area contributed by atoms with Crippen molar-refractivity contribution in [2.24, 2.45) is 0 Å². The Morgan fingerprint density at radius 1 is 1.05 bits per heavy atom. The predicted octanol–water partition coefficient (Wildman–Crippen LogP) is 4.37. The monoisotopic (exact) mass is 300 g/mol. The van der Waals surface area contributed by atoms with Gasteiger partial charge in [0.15, 0.2) is 0 Å². The molecule has 2 rings (SSSR count). The van der Waals surface area contributed by atoms with Gasteiger partial charge in [-0.1, -0.05) is 23.8 Å². The summed E-state index contributed by atoms with van der Waals surface area (Å²) in [7, 11) is 2.03. The van der Waals surface area contributed by atoms with E-state index in [1.165, 1.54) is 22.3 Å². The fraction of sp³-hybridized carbons (Fsp3) is 0.389. The molecule has 0 aliphatic carbocycles. The first kappa shape index (κ1) is 16.1. The van der Waals surface area contributed by atoms with Crippen molar-refractivity contribution >= 4 is 11.8 Å². The topological polar surface area (TPSA) is 24.9 Å². The summed E-state index contributed by atoms with van der Waals surface area (Å²) in [5.41, 5.74) is 6.40. The van der Waals surface area contributed by atoms with E-state index in [-0.39, 0.29) is 0 Å². The summed E-state index contributed by atoms with van der Waals surface area (Å²) in [6, 6.07) is 11.3. The minimum Gasteiger partial charge on any atom is -0.312 e. The van der Waals surface area contributed by atoms with Crippen molar-refractivity contribution in [2.75, 3.05) is 12.8 Å². The van der Waals surface area contributed by atoms with Crippen LogP contribution in [0.2, 0.25) is 0 Å². The standard InChI is InChI=1S/C18H24N2S/c1-12-6-7-16(14(3)8-12)17(19-5)11-21-18-10-13(2)9-15(4)20-18/h6-10,17,19H,11H2,1-5H3. The summed E-state index contributed by atoms with van der Waals surface area (Å²) in [5.74, 6) is 0.982. The highest BCUT2D eigenvalue weighted by Gasteiger charge is 2.13. The average Bonchev–Trinajstić information content (AvgIpc) is 2.40. The van der Waals surface area contributed by atoms with Crippen molar-refractivity contribution < 1.29 is 0 Å². The van der Waals surface area contributed by atoms with Crippen molar-refractivity contribution in [3.05, 3.63) is 58.3 Å². The molecule has 1 atom stereocenters. The van der Waals surface area contributed by atoms with Crippen LogP contribution in [0.25, 0.3) is 0 Å². The van der Waals surface area contributed by atoms with Gasteiger partial charge >= 0.3 is 0 Å². The average molecular weight is 300 g/mol. The fourth-order valence-corrected chi connectivity index (χ4v) is 3.75. The maximum absolute atomic E-state index is 4.61. The molecule has 0 bridgehead atoms. The first-order valence-corrected chi connectivity index (χ1v) is 8.30. The molecule has 0 saturated heterocycles. The minimum atomic E-state index is 0.346. The van der Waals surface area contributed by atoms with Gasteiger partial charge in [-0.05, 0) is 63.6 Å². The smallest absolute Gasteiger partial charge is 0.0966 e. The lowest BCUT2D eigenvalue weighted by Gasteiger charge is -2.19. The Labute approximate surface area is 132 Å². The lowest BCUT2D eigenvalue weighted by atomic mass is 10.0. The molecular formula is C18H24N2S. The van der Waals surface area contributed by atoms with Crippen molar-refractivity contribution in [1.29, 1.82) is 0 Å². The van der Waals surface area contributed by atoms with E-state index in [0.717, 1.165) is 16.5 Å². The van der Waals surface area contributed by atoms with Crippen LogP contribution >= 0.6 is 11.8 Å². The summed E-state index contributed by atoms with van der Waals surface area (Å²) >= 11 is 1.82. The molecule has 0 fully saturated rings. The van der Waals surface area contributed by atoms with Crippen molar-refractivity contribution in [2.45, 2.75) is 38.8 Å². The summed E-state index contributed by atoms with van der Waals surface area (Å²) in [6.45, 7) is 8.50. The number of aryl methyl sites for hydroxylation is 4. The van der Waals surface area contributed by atoms with Crippen LogP contribution in [-0.2, 0) is 0 Å². The molecule has 2 aromatic rings. The number of pyridine rings is 1. The zero-order valence-corrected chi connectivity index (χ0v) is 14.3. The second-order valence-corrected chi connectivity index (χ2v) is 6.68. The molecule has 1 aromatic carbocycles. The van der Waals surface area contributed by atoms with Crippen LogP contribution < -0.4 is 5.32 Å². The third-order valence-corrected chi connectivity index (χ3v) is 4.63. The van der Waals surface area contributed by atoms with E-state index >= 15 is 0 Å². The molecule has 1 aromatic heterocycles. The SMILES string of the molecule is CNC(CSc1cc(C)cc(C)n1)c1ccc(C)cc1C. The molecule has 0 aliphatic rings. The summed E-state index contributed by atoms with van der Waals surface area (Å²) in [6.07, 6.45) is 0. The van der Waals surface area contributed by atoms with E-state index in [2.05, 4.69) is 68.3 Å². The van der Waals surface area contributed by atoms with Crippen LogP contribution in [0, 0.1) is 27.7 Å². The van der Waals surface area contributed by atoms with Gasteiger partial charge in [0.2, 0.25) is 0 Å². The van der Waals surface area contributed by atoms with Crippen LogP contribution in [0.5, 0.6) is 0 Å². The maximum atomic E-state index is 4.61. The van der Waals surface area contributed by atoms with Gasteiger partial charge in [0.05, 0.1) is 5.03 Å². The molecular weight excluding hydrogens is 276 g/mol. The van der Waals surface area contributed by atoms with E-state index in [1.807, 2.05) is 18.8 Å².